The zero-order chi connectivity index (χ0) is 16.0. The van der Waals surface area contributed by atoms with Crippen molar-refractivity contribution in [2.24, 2.45) is 5.92 Å². The number of rotatable bonds is 6. The van der Waals surface area contributed by atoms with E-state index < -0.39 is 24.1 Å². The Morgan fingerprint density at radius 2 is 1.95 bits per heavy atom. The van der Waals surface area contributed by atoms with Gasteiger partial charge in [0.2, 0.25) is 0 Å². The van der Waals surface area contributed by atoms with Crippen LogP contribution in [0.1, 0.15) is 38.8 Å². The number of carboxylic acids is 1. The predicted octanol–water partition coefficient (Wildman–Crippen LogP) is 2.69. The summed E-state index contributed by atoms with van der Waals surface area (Å²) in [6.45, 7) is 5.32. The van der Waals surface area contributed by atoms with Crippen LogP contribution in [-0.2, 0) is 4.79 Å². The lowest BCUT2D eigenvalue weighted by atomic mass is 9.99. The van der Waals surface area contributed by atoms with Crippen molar-refractivity contribution >= 4 is 12.0 Å². The highest BCUT2D eigenvalue weighted by molar-refractivity contribution is 5.82. The summed E-state index contributed by atoms with van der Waals surface area (Å²) in [5, 5.41) is 14.2. The number of urea groups is 1. The molecule has 0 aromatic heterocycles. The van der Waals surface area contributed by atoms with Gasteiger partial charge in [-0.3, -0.25) is 0 Å². The van der Waals surface area contributed by atoms with E-state index in [0.29, 0.717) is 12.0 Å². The molecular formula is C15H21FN2O3. The van der Waals surface area contributed by atoms with Crippen LogP contribution in [-0.4, -0.2) is 23.1 Å². The lowest BCUT2D eigenvalue weighted by Gasteiger charge is -2.22. The standard InChI is InChI=1S/C15H21FN2O3/c1-4-9(2)13(14(19)20)18-15(21)17-10(3)11-6-5-7-12(16)8-11/h5-10,13H,4H2,1-3H3,(H,19,20)(H2,17,18,21)/t9-,10?,13-/m0/s1. The van der Waals surface area contributed by atoms with Gasteiger partial charge in [0.25, 0.3) is 0 Å². The number of carboxylic acid groups (broad SMARTS) is 1. The molecule has 1 aromatic carbocycles. The largest absolute Gasteiger partial charge is 0.480 e. The van der Waals surface area contributed by atoms with Crippen molar-refractivity contribution in [1.82, 2.24) is 10.6 Å². The average Bonchev–Trinajstić information content (AvgIpc) is 2.43. The molecule has 5 nitrogen and oxygen atoms in total. The lowest BCUT2D eigenvalue weighted by Crippen LogP contribution is -2.49. The maximum atomic E-state index is 13.1. The Hall–Kier alpha value is -2.11. The van der Waals surface area contributed by atoms with Gasteiger partial charge in [0.05, 0.1) is 6.04 Å². The molecule has 6 heteroatoms. The number of hydrogen-bond donors (Lipinski definition) is 3. The number of carbonyl (C=O) groups is 2. The molecule has 0 saturated carbocycles. The van der Waals surface area contributed by atoms with Crippen LogP contribution in [0.2, 0.25) is 0 Å². The Balaban J connectivity index is 2.65. The second-order valence-electron chi connectivity index (χ2n) is 5.10. The van der Waals surface area contributed by atoms with Crippen molar-refractivity contribution in [2.45, 2.75) is 39.3 Å². The molecule has 0 aliphatic carbocycles. The van der Waals surface area contributed by atoms with Crippen LogP contribution in [0.5, 0.6) is 0 Å². The van der Waals surface area contributed by atoms with Crippen molar-refractivity contribution in [3.05, 3.63) is 35.6 Å². The van der Waals surface area contributed by atoms with E-state index in [0.717, 1.165) is 0 Å². The van der Waals surface area contributed by atoms with Crippen molar-refractivity contribution in [3.63, 3.8) is 0 Å². The van der Waals surface area contributed by atoms with Gasteiger partial charge in [-0.1, -0.05) is 32.4 Å². The molecule has 3 atom stereocenters. The number of nitrogens with one attached hydrogen (secondary N) is 2. The predicted molar refractivity (Wildman–Crippen MR) is 77.4 cm³/mol. The Bertz CT molecular complexity index is 507. The number of amides is 2. The minimum absolute atomic E-state index is 0.183. The van der Waals surface area contributed by atoms with Crippen LogP contribution < -0.4 is 10.6 Å². The zero-order valence-electron chi connectivity index (χ0n) is 12.4. The fraction of sp³-hybridized carbons (Fsp3) is 0.467. The van der Waals surface area contributed by atoms with Gasteiger partial charge in [-0.25, -0.2) is 14.0 Å². The Morgan fingerprint density at radius 3 is 2.48 bits per heavy atom. The lowest BCUT2D eigenvalue weighted by molar-refractivity contribution is -0.140. The average molecular weight is 296 g/mol. The highest BCUT2D eigenvalue weighted by Crippen LogP contribution is 2.13. The quantitative estimate of drug-likeness (QED) is 0.755. The summed E-state index contributed by atoms with van der Waals surface area (Å²) in [5.41, 5.74) is 0.612. The summed E-state index contributed by atoms with van der Waals surface area (Å²) in [6.07, 6.45) is 0.636. The first-order chi connectivity index (χ1) is 9.85. The van der Waals surface area contributed by atoms with Crippen molar-refractivity contribution in [1.29, 1.82) is 0 Å². The molecular weight excluding hydrogens is 275 g/mol. The van der Waals surface area contributed by atoms with E-state index in [2.05, 4.69) is 10.6 Å². The summed E-state index contributed by atoms with van der Waals surface area (Å²) in [5.74, 6) is -1.64. The van der Waals surface area contributed by atoms with Crippen molar-refractivity contribution < 1.29 is 19.1 Å². The van der Waals surface area contributed by atoms with Crippen molar-refractivity contribution in [3.8, 4) is 0 Å². The van der Waals surface area contributed by atoms with Gasteiger partial charge in [-0.15, -0.1) is 0 Å². The smallest absolute Gasteiger partial charge is 0.326 e. The maximum Gasteiger partial charge on any atom is 0.326 e. The maximum absolute atomic E-state index is 13.1. The van der Waals surface area contributed by atoms with Gasteiger partial charge in [0, 0.05) is 0 Å². The number of halogens is 1. The fourth-order valence-electron chi connectivity index (χ4n) is 1.92. The molecule has 1 rings (SSSR count). The molecule has 0 bridgehead atoms. The Kier molecular flexibility index (Phi) is 6.14. The van der Waals surface area contributed by atoms with E-state index in [-0.39, 0.29) is 11.7 Å². The summed E-state index contributed by atoms with van der Waals surface area (Å²) in [7, 11) is 0. The summed E-state index contributed by atoms with van der Waals surface area (Å²) in [6, 6.07) is 3.94. The van der Waals surface area contributed by atoms with Gasteiger partial charge in [0.15, 0.2) is 0 Å². The van der Waals surface area contributed by atoms with E-state index in [4.69, 9.17) is 5.11 Å². The molecule has 21 heavy (non-hydrogen) atoms. The first kappa shape index (κ1) is 16.9. The van der Waals surface area contributed by atoms with E-state index in [1.165, 1.54) is 12.1 Å². The zero-order valence-corrected chi connectivity index (χ0v) is 12.4. The molecule has 116 valence electrons. The Labute approximate surface area is 123 Å². The van der Waals surface area contributed by atoms with Gasteiger partial charge in [-0.05, 0) is 30.5 Å². The third-order valence-electron chi connectivity index (χ3n) is 3.46. The fourth-order valence-corrected chi connectivity index (χ4v) is 1.92. The molecule has 0 heterocycles. The van der Waals surface area contributed by atoms with Crippen LogP contribution in [0, 0.1) is 11.7 Å². The molecule has 0 fully saturated rings. The highest BCUT2D eigenvalue weighted by atomic mass is 19.1. The SMILES string of the molecule is CC[C@H](C)[C@H](NC(=O)NC(C)c1cccc(F)c1)C(=O)O. The molecule has 0 saturated heterocycles. The summed E-state index contributed by atoms with van der Waals surface area (Å²) in [4.78, 5) is 23.0. The molecule has 2 amide bonds. The third-order valence-corrected chi connectivity index (χ3v) is 3.46. The number of carbonyl (C=O) groups excluding carboxylic acids is 1. The van der Waals surface area contributed by atoms with Crippen molar-refractivity contribution in [2.75, 3.05) is 0 Å². The normalized spacial score (nSPS) is 14.9. The number of aliphatic carboxylic acids is 1. The van der Waals surface area contributed by atoms with Gasteiger partial charge in [0.1, 0.15) is 11.9 Å². The molecule has 1 aromatic rings. The van der Waals surface area contributed by atoms with Crippen LogP contribution in [0.3, 0.4) is 0 Å². The first-order valence-corrected chi connectivity index (χ1v) is 6.90. The van der Waals surface area contributed by atoms with Crippen LogP contribution in [0.15, 0.2) is 24.3 Å². The van der Waals surface area contributed by atoms with Crippen LogP contribution in [0.25, 0.3) is 0 Å². The molecule has 0 spiro atoms. The number of hydrogen-bond acceptors (Lipinski definition) is 2. The summed E-state index contributed by atoms with van der Waals surface area (Å²) >= 11 is 0. The monoisotopic (exact) mass is 296 g/mol. The van der Waals surface area contributed by atoms with E-state index in [1.54, 1.807) is 26.0 Å². The topological polar surface area (TPSA) is 78.4 Å². The minimum atomic E-state index is -1.07. The van der Waals surface area contributed by atoms with Gasteiger partial charge < -0.3 is 15.7 Å². The highest BCUT2D eigenvalue weighted by Gasteiger charge is 2.25. The van der Waals surface area contributed by atoms with Crippen LogP contribution >= 0.6 is 0 Å². The molecule has 3 N–H and O–H groups in total. The van der Waals surface area contributed by atoms with E-state index in [9.17, 15) is 14.0 Å². The summed E-state index contributed by atoms with van der Waals surface area (Å²) < 4.78 is 13.1. The molecule has 1 unspecified atom stereocenters. The minimum Gasteiger partial charge on any atom is -0.480 e. The first-order valence-electron chi connectivity index (χ1n) is 6.90. The molecule has 0 aliphatic heterocycles. The van der Waals surface area contributed by atoms with Crippen LogP contribution in [0.4, 0.5) is 9.18 Å². The van der Waals surface area contributed by atoms with Gasteiger partial charge in [-0.2, -0.15) is 0 Å². The second-order valence-corrected chi connectivity index (χ2v) is 5.10. The van der Waals surface area contributed by atoms with E-state index >= 15 is 0 Å². The second kappa shape index (κ2) is 7.61. The number of benzene rings is 1. The van der Waals surface area contributed by atoms with E-state index in [1.807, 2.05) is 6.92 Å². The third kappa shape index (κ3) is 5.06. The molecule has 0 radical (unpaired) electrons. The Morgan fingerprint density at radius 1 is 1.29 bits per heavy atom. The molecule has 0 aliphatic rings. The van der Waals surface area contributed by atoms with Gasteiger partial charge >= 0.3 is 12.0 Å².